The zero-order valence-electron chi connectivity index (χ0n) is 21.4. The van der Waals surface area contributed by atoms with Crippen LogP contribution in [0.2, 0.25) is 0 Å². The van der Waals surface area contributed by atoms with E-state index in [2.05, 4.69) is 16.0 Å². The van der Waals surface area contributed by atoms with Gasteiger partial charge in [0, 0.05) is 35.8 Å². The molecule has 5 N–H and O–H groups in total. The van der Waals surface area contributed by atoms with Crippen LogP contribution in [-0.2, 0) is 33.0 Å². The van der Waals surface area contributed by atoms with E-state index >= 15 is 0 Å². The van der Waals surface area contributed by atoms with Crippen LogP contribution in [0.5, 0.6) is 0 Å². The summed E-state index contributed by atoms with van der Waals surface area (Å²) in [6, 6.07) is 12.4. The third-order valence-corrected chi connectivity index (χ3v) is 7.93. The number of fused-ring (bicyclic) bond motifs is 2. The zero-order chi connectivity index (χ0) is 26.9. The number of nitrogens with zero attached hydrogens (tertiary/aromatic N) is 1. The van der Waals surface area contributed by atoms with Crippen molar-refractivity contribution in [3.63, 3.8) is 0 Å². The quantitative estimate of drug-likeness (QED) is 0.357. The Morgan fingerprint density at radius 2 is 2.03 bits per heavy atom. The maximum Gasteiger partial charge on any atom is 0.261 e. The summed E-state index contributed by atoms with van der Waals surface area (Å²) in [5, 5.41) is 30.2. The van der Waals surface area contributed by atoms with Crippen LogP contribution in [0.25, 0.3) is 0 Å². The van der Waals surface area contributed by atoms with Gasteiger partial charge in [0.1, 0.15) is 0 Å². The Labute approximate surface area is 221 Å². The van der Waals surface area contributed by atoms with Gasteiger partial charge in [-0.25, -0.2) is 0 Å². The third kappa shape index (κ3) is 4.84. The van der Waals surface area contributed by atoms with Gasteiger partial charge in [-0.05, 0) is 55.1 Å². The third-order valence-electron chi connectivity index (χ3n) is 7.93. The highest BCUT2D eigenvalue weighted by Crippen LogP contribution is 2.43. The molecule has 3 aliphatic heterocycles. The zero-order valence-corrected chi connectivity index (χ0v) is 21.4. The van der Waals surface area contributed by atoms with Crippen molar-refractivity contribution < 1.29 is 24.6 Å². The molecule has 9 nitrogen and oxygen atoms in total. The maximum atomic E-state index is 13.1. The summed E-state index contributed by atoms with van der Waals surface area (Å²) in [7, 11) is 0. The molecule has 1 saturated heterocycles. The minimum Gasteiger partial charge on any atom is -0.394 e. The molecular weight excluding hydrogens is 484 g/mol. The number of carbonyl (C=O) groups excluding carboxylic acids is 3. The lowest BCUT2D eigenvalue weighted by Crippen LogP contribution is -2.46. The molecular formula is C29H34N4O5. The van der Waals surface area contributed by atoms with Gasteiger partial charge >= 0.3 is 0 Å². The van der Waals surface area contributed by atoms with Crippen LogP contribution in [0, 0.1) is 5.92 Å². The van der Waals surface area contributed by atoms with Gasteiger partial charge in [0.15, 0.2) is 5.60 Å². The molecule has 0 aliphatic carbocycles. The second kappa shape index (κ2) is 10.7. The first-order valence-electron chi connectivity index (χ1n) is 13.2. The first kappa shape index (κ1) is 26.1. The topological polar surface area (TPSA) is 131 Å². The summed E-state index contributed by atoms with van der Waals surface area (Å²) in [4.78, 5) is 40.2. The summed E-state index contributed by atoms with van der Waals surface area (Å²) in [6.07, 6.45) is 5.74. The standard InChI is InChI=1S/C29H34N4O5/c1-18(6-4-10-26(35)33-16-20-8-3-2-7-19(20)14-22(33)17-34)29(38)23-15-21(11-12-24(23)32-28(29)37)31-27(36)25-9-5-13-30-25/h2-4,6-8,11-12,15,18,22,25,30,34,38H,5,9-10,13-14,16-17H2,1H3,(H,31,36)(H,32,37)/b6-4+/t18-,22+,25-,29+/m1/s1. The number of aliphatic hydroxyl groups is 2. The summed E-state index contributed by atoms with van der Waals surface area (Å²) < 4.78 is 0. The van der Waals surface area contributed by atoms with E-state index in [1.807, 2.05) is 24.3 Å². The maximum absolute atomic E-state index is 13.1. The molecule has 2 aromatic rings. The van der Waals surface area contributed by atoms with Crippen molar-refractivity contribution in [1.29, 1.82) is 0 Å². The lowest BCUT2D eigenvalue weighted by molar-refractivity contribution is -0.137. The van der Waals surface area contributed by atoms with Gasteiger partial charge in [-0.1, -0.05) is 43.3 Å². The van der Waals surface area contributed by atoms with E-state index in [-0.39, 0.29) is 36.9 Å². The molecule has 3 amide bonds. The fraction of sp³-hybridized carbons (Fsp3) is 0.414. The van der Waals surface area contributed by atoms with E-state index in [9.17, 15) is 24.6 Å². The Hall–Kier alpha value is -3.53. The monoisotopic (exact) mass is 518 g/mol. The van der Waals surface area contributed by atoms with Crippen molar-refractivity contribution >= 4 is 29.1 Å². The van der Waals surface area contributed by atoms with Crippen LogP contribution >= 0.6 is 0 Å². The number of hydrogen-bond donors (Lipinski definition) is 5. The van der Waals surface area contributed by atoms with E-state index in [0.29, 0.717) is 29.9 Å². The highest BCUT2D eigenvalue weighted by Gasteiger charge is 2.48. The minimum absolute atomic E-state index is 0.0814. The fourth-order valence-corrected chi connectivity index (χ4v) is 5.65. The van der Waals surface area contributed by atoms with Crippen LogP contribution in [0.15, 0.2) is 54.6 Å². The molecule has 200 valence electrons. The van der Waals surface area contributed by atoms with Crippen molar-refractivity contribution in [2.75, 3.05) is 23.8 Å². The molecule has 3 aliphatic rings. The summed E-state index contributed by atoms with van der Waals surface area (Å²) in [5.74, 6) is -1.47. The molecule has 0 radical (unpaired) electrons. The predicted octanol–water partition coefficient (Wildman–Crippen LogP) is 2.04. The van der Waals surface area contributed by atoms with Crippen molar-refractivity contribution in [3.05, 3.63) is 71.3 Å². The van der Waals surface area contributed by atoms with Crippen molar-refractivity contribution in [2.45, 2.75) is 56.8 Å². The van der Waals surface area contributed by atoms with Gasteiger partial charge in [0.05, 0.1) is 18.7 Å². The van der Waals surface area contributed by atoms with Gasteiger partial charge in [0.2, 0.25) is 11.8 Å². The van der Waals surface area contributed by atoms with Crippen LogP contribution in [0.4, 0.5) is 11.4 Å². The van der Waals surface area contributed by atoms with E-state index in [1.165, 1.54) is 0 Å². The van der Waals surface area contributed by atoms with Crippen molar-refractivity contribution in [1.82, 2.24) is 10.2 Å². The Balaban J connectivity index is 1.27. The number of aliphatic hydroxyl groups excluding tert-OH is 1. The second-order valence-corrected chi connectivity index (χ2v) is 10.4. The molecule has 38 heavy (non-hydrogen) atoms. The Kier molecular flexibility index (Phi) is 7.34. The number of nitrogens with one attached hydrogen (secondary N) is 3. The number of anilines is 2. The number of rotatable bonds is 7. The normalized spacial score (nSPS) is 25.1. The SMILES string of the molecule is C[C@H](/C=C/CC(=O)N1Cc2ccccc2C[C@H]1CO)[C@@]1(O)C(=O)Nc2ccc(NC(=O)[C@H]3CCCN3)cc21. The highest BCUT2D eigenvalue weighted by atomic mass is 16.3. The van der Waals surface area contributed by atoms with E-state index in [4.69, 9.17) is 0 Å². The Bertz CT molecular complexity index is 1270. The first-order valence-corrected chi connectivity index (χ1v) is 13.2. The van der Waals surface area contributed by atoms with Crippen LogP contribution in [0.3, 0.4) is 0 Å². The second-order valence-electron chi connectivity index (χ2n) is 10.4. The summed E-state index contributed by atoms with van der Waals surface area (Å²) in [6.45, 7) is 2.84. The molecule has 9 heteroatoms. The molecule has 4 atom stereocenters. The molecule has 0 unspecified atom stereocenters. The van der Waals surface area contributed by atoms with Gasteiger partial charge < -0.3 is 31.1 Å². The average Bonchev–Trinajstić information content (AvgIpc) is 3.55. The van der Waals surface area contributed by atoms with Gasteiger partial charge in [-0.3, -0.25) is 14.4 Å². The lowest BCUT2D eigenvalue weighted by Gasteiger charge is -2.36. The van der Waals surface area contributed by atoms with Crippen LogP contribution in [0.1, 0.15) is 42.9 Å². The highest BCUT2D eigenvalue weighted by molar-refractivity contribution is 6.06. The number of benzene rings is 2. The molecule has 3 heterocycles. The Morgan fingerprint density at radius 1 is 1.24 bits per heavy atom. The van der Waals surface area contributed by atoms with Crippen molar-refractivity contribution in [3.8, 4) is 0 Å². The summed E-state index contributed by atoms with van der Waals surface area (Å²) >= 11 is 0. The average molecular weight is 519 g/mol. The molecule has 0 saturated carbocycles. The summed E-state index contributed by atoms with van der Waals surface area (Å²) in [5.41, 5.74) is 1.74. The van der Waals surface area contributed by atoms with Gasteiger partial charge in [-0.15, -0.1) is 0 Å². The first-order chi connectivity index (χ1) is 18.3. The smallest absolute Gasteiger partial charge is 0.261 e. The molecule has 5 rings (SSSR count). The molecule has 0 spiro atoms. The van der Waals surface area contributed by atoms with Gasteiger partial charge in [0.25, 0.3) is 5.91 Å². The van der Waals surface area contributed by atoms with Crippen LogP contribution < -0.4 is 16.0 Å². The van der Waals surface area contributed by atoms with Crippen molar-refractivity contribution in [2.24, 2.45) is 5.92 Å². The van der Waals surface area contributed by atoms with Gasteiger partial charge in [-0.2, -0.15) is 0 Å². The minimum atomic E-state index is -1.85. The molecule has 0 aromatic heterocycles. The van der Waals surface area contributed by atoms with E-state index in [0.717, 1.165) is 30.5 Å². The molecule has 1 fully saturated rings. The van der Waals surface area contributed by atoms with Crippen LogP contribution in [-0.4, -0.2) is 58.1 Å². The largest absolute Gasteiger partial charge is 0.394 e. The number of carbonyl (C=O) groups is 3. The molecule has 2 aromatic carbocycles. The fourth-order valence-electron chi connectivity index (χ4n) is 5.65. The number of amides is 3. The molecule has 0 bridgehead atoms. The lowest BCUT2D eigenvalue weighted by atomic mass is 9.82. The predicted molar refractivity (Wildman–Crippen MR) is 143 cm³/mol. The number of hydrogen-bond acceptors (Lipinski definition) is 6. The van der Waals surface area contributed by atoms with E-state index in [1.54, 1.807) is 42.2 Å². The van der Waals surface area contributed by atoms with E-state index < -0.39 is 17.4 Å². The Morgan fingerprint density at radius 3 is 2.76 bits per heavy atom.